The average Bonchev–Trinajstić information content (AvgIpc) is 2.83. The summed E-state index contributed by atoms with van der Waals surface area (Å²) in [5.41, 5.74) is 1.54. The van der Waals surface area contributed by atoms with Gasteiger partial charge in [0.2, 0.25) is 0 Å². The number of amides is 1. The van der Waals surface area contributed by atoms with Crippen LogP contribution in [0.25, 0.3) is 16.7 Å². The maximum Gasteiger partial charge on any atom is 0.302 e. The van der Waals surface area contributed by atoms with Crippen molar-refractivity contribution in [2.24, 2.45) is 0 Å². The molecule has 0 unspecified atom stereocenters. The van der Waals surface area contributed by atoms with Gasteiger partial charge in [0.1, 0.15) is 16.8 Å². The normalized spacial score (nSPS) is 11.0. The molecule has 1 aromatic carbocycles. The van der Waals surface area contributed by atoms with Gasteiger partial charge in [-0.25, -0.2) is 4.98 Å². The highest BCUT2D eigenvalue weighted by Crippen LogP contribution is 2.11. The summed E-state index contributed by atoms with van der Waals surface area (Å²) in [7, 11) is 0. The Labute approximate surface area is 195 Å². The van der Waals surface area contributed by atoms with Crippen LogP contribution >= 0.6 is 0 Å². The fraction of sp³-hybridized carbons (Fsp3) is 0.240. The van der Waals surface area contributed by atoms with Gasteiger partial charge in [0.05, 0.1) is 17.6 Å². The second-order valence-corrected chi connectivity index (χ2v) is 7.83. The van der Waals surface area contributed by atoms with Crippen LogP contribution in [0.2, 0.25) is 0 Å². The molecule has 4 aromatic rings. The Hall–Kier alpha value is -4.27. The summed E-state index contributed by atoms with van der Waals surface area (Å²) in [4.78, 5) is 41.9. The second-order valence-electron chi connectivity index (χ2n) is 7.83. The van der Waals surface area contributed by atoms with E-state index in [0.717, 1.165) is 5.56 Å². The van der Waals surface area contributed by atoms with Gasteiger partial charge in [-0.05, 0) is 36.6 Å². The number of rotatable bonds is 8. The van der Waals surface area contributed by atoms with Crippen molar-refractivity contribution in [3.63, 3.8) is 0 Å². The molecule has 4 rings (SSSR count). The third-order valence-electron chi connectivity index (χ3n) is 5.44. The highest BCUT2D eigenvalue weighted by atomic mass is 16.5. The molecule has 2 N–H and O–H groups in total. The van der Waals surface area contributed by atoms with E-state index in [-0.39, 0.29) is 35.1 Å². The molecule has 9 nitrogen and oxygen atoms in total. The first-order valence-corrected chi connectivity index (χ1v) is 11.0. The van der Waals surface area contributed by atoms with Gasteiger partial charge in [-0.2, -0.15) is 0 Å². The lowest BCUT2D eigenvalue weighted by Crippen LogP contribution is -2.36. The minimum atomic E-state index is -0.436. The van der Waals surface area contributed by atoms with Gasteiger partial charge in [-0.3, -0.25) is 24.2 Å². The van der Waals surface area contributed by atoms with Crippen LogP contribution in [-0.4, -0.2) is 39.0 Å². The summed E-state index contributed by atoms with van der Waals surface area (Å²) in [6.07, 6.45) is 2.66. The topological polar surface area (TPSA) is 119 Å². The fourth-order valence-electron chi connectivity index (χ4n) is 3.78. The number of aryl methyl sites for hydroxylation is 1. The Morgan fingerprint density at radius 1 is 1.12 bits per heavy atom. The molecule has 0 spiro atoms. The SMILES string of the molecule is CC(=O)OCCCn1c(=N)c(C(=O)NCCc2ccccc2)cc2c(=O)n3ccccc3nc21. The molecule has 0 aliphatic carbocycles. The number of nitrogens with one attached hydrogen (secondary N) is 2. The van der Waals surface area contributed by atoms with Crippen LogP contribution in [-0.2, 0) is 22.5 Å². The third-order valence-corrected chi connectivity index (χ3v) is 5.44. The van der Waals surface area contributed by atoms with Crippen molar-refractivity contribution in [2.45, 2.75) is 26.3 Å². The molecule has 0 atom stereocenters. The molecule has 174 valence electrons. The third kappa shape index (κ3) is 4.88. The van der Waals surface area contributed by atoms with Crippen molar-refractivity contribution in [1.29, 1.82) is 5.41 Å². The quantitative estimate of drug-likeness (QED) is 0.238. The van der Waals surface area contributed by atoms with E-state index in [2.05, 4.69) is 10.3 Å². The van der Waals surface area contributed by atoms with Crippen molar-refractivity contribution in [3.8, 4) is 0 Å². The lowest BCUT2D eigenvalue weighted by molar-refractivity contribution is -0.141. The number of carbonyl (C=O) groups is 2. The number of carbonyl (C=O) groups excluding carboxylic acids is 2. The summed E-state index contributed by atoms with van der Waals surface area (Å²) in [6.45, 7) is 2.13. The lowest BCUT2D eigenvalue weighted by atomic mass is 10.1. The highest BCUT2D eigenvalue weighted by Gasteiger charge is 2.17. The first-order valence-electron chi connectivity index (χ1n) is 11.0. The van der Waals surface area contributed by atoms with Crippen molar-refractivity contribution in [1.82, 2.24) is 19.3 Å². The van der Waals surface area contributed by atoms with Gasteiger partial charge in [-0.1, -0.05) is 36.4 Å². The molecule has 3 aromatic heterocycles. The zero-order chi connectivity index (χ0) is 24.1. The molecule has 0 radical (unpaired) electrons. The zero-order valence-electron chi connectivity index (χ0n) is 18.8. The molecule has 34 heavy (non-hydrogen) atoms. The average molecular weight is 460 g/mol. The van der Waals surface area contributed by atoms with E-state index in [4.69, 9.17) is 10.1 Å². The van der Waals surface area contributed by atoms with E-state index >= 15 is 0 Å². The van der Waals surface area contributed by atoms with Crippen LogP contribution in [0.5, 0.6) is 0 Å². The van der Waals surface area contributed by atoms with E-state index in [1.165, 1.54) is 22.0 Å². The first kappa shape index (κ1) is 22.9. The standard InChI is InChI=1S/C25H25N5O4/c1-17(31)34-15-7-14-30-22(26)19(24(32)27-12-11-18-8-3-2-4-9-18)16-20-23(30)28-21-10-5-6-13-29(21)25(20)33/h2-6,8-10,13,16,26H,7,11-12,14-15H2,1H3,(H,27,32). The monoisotopic (exact) mass is 459 g/mol. The number of hydrogen-bond acceptors (Lipinski definition) is 6. The number of benzene rings is 1. The fourth-order valence-corrected chi connectivity index (χ4v) is 3.78. The van der Waals surface area contributed by atoms with Crippen LogP contribution < -0.4 is 16.4 Å². The van der Waals surface area contributed by atoms with Gasteiger partial charge in [0.15, 0.2) is 0 Å². The molecule has 0 aliphatic heterocycles. The van der Waals surface area contributed by atoms with E-state index in [1.807, 2.05) is 30.3 Å². The predicted octanol–water partition coefficient (Wildman–Crippen LogP) is 2.05. The Morgan fingerprint density at radius 3 is 2.65 bits per heavy atom. The van der Waals surface area contributed by atoms with Crippen LogP contribution in [0.1, 0.15) is 29.3 Å². The molecular formula is C25H25N5O4. The van der Waals surface area contributed by atoms with E-state index < -0.39 is 11.9 Å². The molecule has 0 aliphatic rings. The Balaban J connectivity index is 1.71. The van der Waals surface area contributed by atoms with Crippen molar-refractivity contribution < 1.29 is 14.3 Å². The smallest absolute Gasteiger partial charge is 0.302 e. The van der Waals surface area contributed by atoms with Gasteiger partial charge in [0, 0.05) is 26.2 Å². The summed E-state index contributed by atoms with van der Waals surface area (Å²) in [5, 5.41) is 11.8. The number of ether oxygens (including phenoxy) is 1. The number of hydrogen-bond donors (Lipinski definition) is 2. The van der Waals surface area contributed by atoms with Gasteiger partial charge in [0.25, 0.3) is 11.5 Å². The van der Waals surface area contributed by atoms with Gasteiger partial charge in [-0.15, -0.1) is 0 Å². The van der Waals surface area contributed by atoms with Crippen molar-refractivity contribution in [2.75, 3.05) is 13.2 Å². The van der Waals surface area contributed by atoms with Crippen molar-refractivity contribution >= 4 is 28.6 Å². The summed E-state index contributed by atoms with van der Waals surface area (Å²) in [5.74, 6) is -0.830. The second kappa shape index (κ2) is 10.1. The number of nitrogens with zero attached hydrogens (tertiary/aromatic N) is 3. The van der Waals surface area contributed by atoms with Gasteiger partial charge >= 0.3 is 5.97 Å². The lowest BCUT2D eigenvalue weighted by Gasteiger charge is -2.15. The van der Waals surface area contributed by atoms with Crippen molar-refractivity contribution in [3.05, 3.63) is 87.8 Å². The largest absolute Gasteiger partial charge is 0.466 e. The summed E-state index contributed by atoms with van der Waals surface area (Å²) >= 11 is 0. The number of pyridine rings is 2. The molecule has 1 amide bonds. The molecule has 0 saturated carbocycles. The Morgan fingerprint density at radius 2 is 1.88 bits per heavy atom. The van der Waals surface area contributed by atoms with Crippen LogP contribution in [0.15, 0.2) is 65.6 Å². The molecule has 0 bridgehead atoms. The van der Waals surface area contributed by atoms with E-state index in [9.17, 15) is 14.4 Å². The molecule has 3 heterocycles. The predicted molar refractivity (Wildman–Crippen MR) is 127 cm³/mol. The highest BCUT2D eigenvalue weighted by molar-refractivity contribution is 5.96. The molecular weight excluding hydrogens is 434 g/mol. The maximum absolute atomic E-state index is 13.2. The number of fused-ring (bicyclic) bond motifs is 2. The van der Waals surface area contributed by atoms with Crippen LogP contribution in [0.3, 0.4) is 0 Å². The zero-order valence-corrected chi connectivity index (χ0v) is 18.8. The number of aromatic nitrogens is 3. The Kier molecular flexibility index (Phi) is 6.82. The van der Waals surface area contributed by atoms with E-state index in [0.29, 0.717) is 30.7 Å². The maximum atomic E-state index is 13.2. The first-order chi connectivity index (χ1) is 16.5. The van der Waals surface area contributed by atoms with E-state index in [1.54, 1.807) is 24.4 Å². The Bertz CT molecular complexity index is 1470. The van der Waals surface area contributed by atoms with Crippen LogP contribution in [0, 0.1) is 5.41 Å². The summed E-state index contributed by atoms with van der Waals surface area (Å²) < 4.78 is 7.94. The van der Waals surface area contributed by atoms with Crippen LogP contribution in [0.4, 0.5) is 0 Å². The van der Waals surface area contributed by atoms with Gasteiger partial charge < -0.3 is 14.6 Å². The molecule has 0 saturated heterocycles. The minimum Gasteiger partial charge on any atom is -0.466 e. The number of esters is 1. The molecule has 9 heteroatoms. The summed E-state index contributed by atoms with van der Waals surface area (Å²) in [6, 6.07) is 16.4. The minimum absolute atomic E-state index is 0.0558. The molecule has 0 fully saturated rings.